The molecule has 2 aromatic carbocycles. The van der Waals surface area contributed by atoms with Gasteiger partial charge in [-0.1, -0.05) is 23.8 Å². The summed E-state index contributed by atoms with van der Waals surface area (Å²) in [6, 6.07) is 12.7. The lowest BCUT2D eigenvalue weighted by Crippen LogP contribution is -1.99. The van der Waals surface area contributed by atoms with Crippen molar-refractivity contribution < 1.29 is 10.2 Å². The molecule has 0 aromatic heterocycles. The fraction of sp³-hybridized carbons (Fsp3) is 0.125. The van der Waals surface area contributed by atoms with Crippen molar-refractivity contribution in [2.45, 2.75) is 13.5 Å². The lowest BCUT2D eigenvalue weighted by atomic mass is 10.1. The van der Waals surface area contributed by atoms with Crippen LogP contribution in [0.2, 0.25) is 0 Å². The number of aryl methyl sites for hydroxylation is 1. The number of nitrogens with one attached hydrogen (secondary N) is 1. The van der Waals surface area contributed by atoms with Gasteiger partial charge in [0.1, 0.15) is 11.5 Å². The van der Waals surface area contributed by atoms with E-state index < -0.39 is 0 Å². The molecule has 0 atom stereocenters. The molecule has 98 valence electrons. The standard InChI is InChI=1S/C14H15NO2.C2H2/c1-10-5-7-11(8-6-10)15-9-12-13(16)3-2-4-14(12)17;1-2/h2-8,15-17H,9H2,1H3;1-2H. The molecule has 0 saturated carbocycles. The molecule has 0 fully saturated rings. The highest BCUT2D eigenvalue weighted by atomic mass is 16.3. The Morgan fingerprint density at radius 3 is 2.00 bits per heavy atom. The summed E-state index contributed by atoms with van der Waals surface area (Å²) >= 11 is 0. The van der Waals surface area contributed by atoms with Gasteiger partial charge in [-0.2, -0.15) is 0 Å². The molecule has 0 amide bonds. The van der Waals surface area contributed by atoms with Gasteiger partial charge >= 0.3 is 0 Å². The molecule has 0 aliphatic rings. The molecule has 0 saturated heterocycles. The third kappa shape index (κ3) is 3.97. The molecule has 3 N–H and O–H groups in total. The van der Waals surface area contributed by atoms with E-state index in [1.54, 1.807) is 18.2 Å². The Kier molecular flexibility index (Phi) is 5.31. The topological polar surface area (TPSA) is 52.5 Å². The molecule has 19 heavy (non-hydrogen) atoms. The first kappa shape index (κ1) is 14.5. The fourth-order valence-corrected chi connectivity index (χ4v) is 1.61. The van der Waals surface area contributed by atoms with E-state index in [0.717, 1.165) is 5.69 Å². The van der Waals surface area contributed by atoms with Crippen molar-refractivity contribution >= 4 is 5.69 Å². The van der Waals surface area contributed by atoms with E-state index in [-0.39, 0.29) is 11.5 Å². The minimum absolute atomic E-state index is 0.101. The van der Waals surface area contributed by atoms with Crippen molar-refractivity contribution in [2.24, 2.45) is 0 Å². The molecule has 0 unspecified atom stereocenters. The van der Waals surface area contributed by atoms with Crippen LogP contribution < -0.4 is 5.32 Å². The highest BCUT2D eigenvalue weighted by Crippen LogP contribution is 2.26. The van der Waals surface area contributed by atoms with Gasteiger partial charge in [0.15, 0.2) is 0 Å². The summed E-state index contributed by atoms with van der Waals surface area (Å²) in [5.74, 6) is 0.203. The first-order valence-electron chi connectivity index (χ1n) is 5.80. The summed E-state index contributed by atoms with van der Waals surface area (Å²) in [6.07, 6.45) is 8.00. The second kappa shape index (κ2) is 6.97. The lowest BCUT2D eigenvalue weighted by Gasteiger charge is -2.09. The zero-order valence-electron chi connectivity index (χ0n) is 10.8. The van der Waals surface area contributed by atoms with Gasteiger partial charge in [-0.25, -0.2) is 0 Å². The van der Waals surface area contributed by atoms with Crippen LogP contribution in [0, 0.1) is 19.8 Å². The quantitative estimate of drug-likeness (QED) is 0.738. The number of hydrogen-bond acceptors (Lipinski definition) is 3. The molecule has 3 nitrogen and oxygen atoms in total. The molecule has 0 aliphatic carbocycles. The van der Waals surface area contributed by atoms with E-state index in [1.165, 1.54) is 5.56 Å². The van der Waals surface area contributed by atoms with Crippen LogP contribution in [0.15, 0.2) is 42.5 Å². The largest absolute Gasteiger partial charge is 0.507 e. The summed E-state index contributed by atoms with van der Waals surface area (Å²) in [5.41, 5.74) is 2.66. The molecule has 0 aliphatic heterocycles. The minimum atomic E-state index is 0.101. The maximum Gasteiger partial charge on any atom is 0.124 e. The number of terminal acetylenes is 1. The van der Waals surface area contributed by atoms with Crippen LogP contribution in [0.4, 0.5) is 5.69 Å². The van der Waals surface area contributed by atoms with Crippen LogP contribution in [0.5, 0.6) is 11.5 Å². The average molecular weight is 255 g/mol. The van der Waals surface area contributed by atoms with E-state index in [9.17, 15) is 10.2 Å². The van der Waals surface area contributed by atoms with Crippen molar-refractivity contribution in [3.05, 3.63) is 53.6 Å². The Morgan fingerprint density at radius 2 is 1.47 bits per heavy atom. The third-order valence-electron chi connectivity index (χ3n) is 2.65. The molecule has 3 heteroatoms. The van der Waals surface area contributed by atoms with Crippen molar-refractivity contribution in [3.63, 3.8) is 0 Å². The molecule has 0 spiro atoms. The number of rotatable bonds is 3. The molecular weight excluding hydrogens is 238 g/mol. The third-order valence-corrected chi connectivity index (χ3v) is 2.65. The number of anilines is 1. The summed E-state index contributed by atoms with van der Waals surface area (Å²) < 4.78 is 0. The number of benzene rings is 2. The first-order valence-corrected chi connectivity index (χ1v) is 5.80. The van der Waals surface area contributed by atoms with Crippen LogP contribution in [0.1, 0.15) is 11.1 Å². The van der Waals surface area contributed by atoms with E-state index in [2.05, 4.69) is 18.2 Å². The van der Waals surface area contributed by atoms with Gasteiger partial charge in [-0.3, -0.25) is 0 Å². The SMILES string of the molecule is C#C.Cc1ccc(NCc2c(O)cccc2O)cc1. The van der Waals surface area contributed by atoms with Crippen LogP contribution in [0.3, 0.4) is 0 Å². The Bertz CT molecular complexity index is 524. The average Bonchev–Trinajstić information content (AvgIpc) is 2.42. The number of phenols is 2. The Labute approximate surface area is 113 Å². The number of aromatic hydroxyl groups is 2. The Balaban J connectivity index is 0.000000861. The normalized spacial score (nSPS) is 9.21. The highest BCUT2D eigenvalue weighted by Gasteiger charge is 2.05. The number of phenolic OH excluding ortho intramolecular Hbond substituents is 2. The molecule has 0 heterocycles. The van der Waals surface area contributed by atoms with Gasteiger partial charge in [0.05, 0.1) is 5.56 Å². The monoisotopic (exact) mass is 255 g/mol. The van der Waals surface area contributed by atoms with Gasteiger partial charge in [-0.15, -0.1) is 12.8 Å². The summed E-state index contributed by atoms with van der Waals surface area (Å²) in [5, 5.41) is 22.4. The van der Waals surface area contributed by atoms with Gasteiger partial charge in [0, 0.05) is 12.2 Å². The van der Waals surface area contributed by atoms with Gasteiger partial charge in [0.25, 0.3) is 0 Å². The number of hydrogen-bond donors (Lipinski definition) is 3. The predicted molar refractivity (Wildman–Crippen MR) is 78.2 cm³/mol. The van der Waals surface area contributed by atoms with E-state index in [4.69, 9.17) is 0 Å². The zero-order chi connectivity index (χ0) is 14.3. The first-order chi connectivity index (χ1) is 9.16. The molecule has 0 radical (unpaired) electrons. The van der Waals surface area contributed by atoms with Gasteiger partial charge < -0.3 is 15.5 Å². The van der Waals surface area contributed by atoms with E-state index >= 15 is 0 Å². The minimum Gasteiger partial charge on any atom is -0.507 e. The maximum atomic E-state index is 9.61. The molecular formula is C16H17NO2. The maximum absolute atomic E-state index is 9.61. The van der Waals surface area contributed by atoms with Crippen molar-refractivity contribution in [1.29, 1.82) is 0 Å². The smallest absolute Gasteiger partial charge is 0.124 e. The summed E-state index contributed by atoms with van der Waals surface area (Å²) in [7, 11) is 0. The molecule has 2 rings (SSSR count). The van der Waals surface area contributed by atoms with Crippen LogP contribution >= 0.6 is 0 Å². The fourth-order valence-electron chi connectivity index (χ4n) is 1.61. The second-order valence-electron chi connectivity index (χ2n) is 3.99. The lowest BCUT2D eigenvalue weighted by molar-refractivity contribution is 0.440. The molecule has 2 aromatic rings. The summed E-state index contributed by atoms with van der Waals surface area (Å²) in [6.45, 7) is 2.42. The summed E-state index contributed by atoms with van der Waals surface area (Å²) in [4.78, 5) is 0. The van der Waals surface area contributed by atoms with Crippen molar-refractivity contribution in [2.75, 3.05) is 5.32 Å². The van der Waals surface area contributed by atoms with Gasteiger partial charge in [0.2, 0.25) is 0 Å². The van der Waals surface area contributed by atoms with Crippen molar-refractivity contribution in [3.8, 4) is 24.3 Å². The van der Waals surface area contributed by atoms with E-state index in [1.807, 2.05) is 31.2 Å². The zero-order valence-corrected chi connectivity index (χ0v) is 10.8. The molecule has 0 bridgehead atoms. The van der Waals surface area contributed by atoms with Crippen molar-refractivity contribution in [1.82, 2.24) is 0 Å². The Morgan fingerprint density at radius 1 is 0.947 bits per heavy atom. The highest BCUT2D eigenvalue weighted by molar-refractivity contribution is 5.49. The van der Waals surface area contributed by atoms with Crippen LogP contribution in [-0.4, -0.2) is 10.2 Å². The Hall–Kier alpha value is -2.60. The van der Waals surface area contributed by atoms with Crippen LogP contribution in [0.25, 0.3) is 0 Å². The second-order valence-corrected chi connectivity index (χ2v) is 3.99. The predicted octanol–water partition coefficient (Wildman–Crippen LogP) is 3.27. The van der Waals surface area contributed by atoms with Gasteiger partial charge in [-0.05, 0) is 31.2 Å². The van der Waals surface area contributed by atoms with Crippen LogP contribution in [-0.2, 0) is 6.54 Å². The van der Waals surface area contributed by atoms with E-state index in [0.29, 0.717) is 12.1 Å².